The molecule has 0 radical (unpaired) electrons. The summed E-state index contributed by atoms with van der Waals surface area (Å²) in [4.78, 5) is 11.1. The van der Waals surface area contributed by atoms with E-state index in [-0.39, 0.29) is 17.1 Å². The minimum atomic E-state index is -0.644. The van der Waals surface area contributed by atoms with Gasteiger partial charge in [-0.15, -0.1) is 0 Å². The molecule has 84 valence electrons. The minimum Gasteiger partial charge on any atom is -0.664 e. The summed E-state index contributed by atoms with van der Waals surface area (Å²) >= 11 is 0. The first-order chi connectivity index (χ1) is 7.29. The molecule has 0 heterocycles. The zero-order valence-electron chi connectivity index (χ0n) is 8.41. The molecule has 16 heavy (non-hydrogen) atoms. The summed E-state index contributed by atoms with van der Waals surface area (Å²) in [6, 6.07) is 16.8. The molecule has 2 nitrogen and oxygen atoms in total. The molecular weight excluding hydrogens is 250 g/mol. The summed E-state index contributed by atoms with van der Waals surface area (Å²) in [6.45, 7) is 0. The average molecular weight is 260 g/mol. The quantitative estimate of drug-likeness (QED) is 0.761. The van der Waals surface area contributed by atoms with Crippen LogP contribution in [0.1, 0.15) is 10.4 Å². The maximum absolute atomic E-state index is 11.1. The van der Waals surface area contributed by atoms with Gasteiger partial charge in [0.25, 0.3) is 0 Å². The van der Waals surface area contributed by atoms with Crippen LogP contribution in [0, 0.1) is 0 Å². The Labute approximate surface area is 105 Å². The van der Waals surface area contributed by atoms with Gasteiger partial charge in [-0.1, -0.05) is 54.6 Å². The molecule has 2 rings (SSSR count). The van der Waals surface area contributed by atoms with Gasteiger partial charge in [0.05, 0.1) is 5.91 Å². The van der Waals surface area contributed by atoms with Crippen LogP contribution in [0.15, 0.2) is 54.6 Å². The fourth-order valence-electron chi connectivity index (χ4n) is 1.55. The van der Waals surface area contributed by atoms with Crippen molar-refractivity contribution in [2.45, 2.75) is 0 Å². The largest absolute Gasteiger partial charge is 1.00 e. The van der Waals surface area contributed by atoms with Crippen LogP contribution in [0.5, 0.6) is 0 Å². The van der Waals surface area contributed by atoms with Gasteiger partial charge < -0.3 is 10.5 Å². The molecule has 2 aromatic carbocycles. The number of hydrogen-bond donors (Lipinski definition) is 0. The van der Waals surface area contributed by atoms with Gasteiger partial charge in [0, 0.05) is 5.56 Å². The Bertz CT molecular complexity index is 482. The van der Waals surface area contributed by atoms with Gasteiger partial charge in [0.1, 0.15) is 0 Å². The molecule has 0 fully saturated rings. The Hall–Kier alpha value is -1.57. The normalized spacial score (nSPS) is 9.25. The molecule has 2 aromatic rings. The maximum atomic E-state index is 11.1. The van der Waals surface area contributed by atoms with E-state index in [9.17, 15) is 4.79 Å². The zero-order valence-corrected chi connectivity index (χ0v) is 9.35. The predicted octanol–water partition coefficient (Wildman–Crippen LogP) is 3.54. The molecule has 1 amide bonds. The van der Waals surface area contributed by atoms with Crippen LogP contribution >= 0.6 is 0 Å². The maximum Gasteiger partial charge on any atom is 1.00 e. The van der Waals surface area contributed by atoms with Crippen molar-refractivity contribution < 1.29 is 21.9 Å². The Morgan fingerprint density at radius 2 is 1.44 bits per heavy atom. The van der Waals surface area contributed by atoms with E-state index in [1.165, 1.54) is 0 Å². The summed E-state index contributed by atoms with van der Waals surface area (Å²) in [6.07, 6.45) is 0. The van der Waals surface area contributed by atoms with Gasteiger partial charge in [0.2, 0.25) is 0 Å². The molecule has 0 saturated carbocycles. The number of carbonyl (C=O) groups excluding carboxylic acids is 1. The smallest absolute Gasteiger partial charge is 0.664 e. The van der Waals surface area contributed by atoms with Gasteiger partial charge in [0.15, 0.2) is 0 Å². The van der Waals surface area contributed by atoms with Crippen LogP contribution in [-0.2, 0) is 17.1 Å². The standard InChI is InChI=1S/C13H11NO.Cu/c14-13(15)12-9-5-4-8-11(12)10-6-2-1-3-7-10;/h1-9H,(H2,14,15);/q;+1/p-1. The van der Waals surface area contributed by atoms with Gasteiger partial charge in [-0.25, -0.2) is 0 Å². The number of nitrogens with one attached hydrogen (secondary N) is 1. The van der Waals surface area contributed by atoms with Crippen LogP contribution in [0.25, 0.3) is 16.9 Å². The molecule has 0 unspecified atom stereocenters. The number of carbonyl (C=O) groups is 1. The van der Waals surface area contributed by atoms with Crippen LogP contribution < -0.4 is 0 Å². The van der Waals surface area contributed by atoms with Gasteiger partial charge >= 0.3 is 17.1 Å². The number of amides is 1. The van der Waals surface area contributed by atoms with Crippen molar-refractivity contribution in [3.05, 3.63) is 65.9 Å². The Balaban J connectivity index is 0.00000128. The molecular formula is C13H10CuNO. The molecule has 0 aliphatic rings. The third kappa shape index (κ3) is 2.51. The van der Waals surface area contributed by atoms with Crippen LogP contribution in [0.4, 0.5) is 0 Å². The topological polar surface area (TPSA) is 40.9 Å². The van der Waals surface area contributed by atoms with E-state index in [1.54, 1.807) is 12.1 Å². The predicted molar refractivity (Wildman–Crippen MR) is 60.5 cm³/mol. The van der Waals surface area contributed by atoms with Crippen molar-refractivity contribution in [3.8, 4) is 11.1 Å². The number of hydrogen-bond acceptors (Lipinski definition) is 1. The fourth-order valence-corrected chi connectivity index (χ4v) is 1.55. The second-order valence-electron chi connectivity index (χ2n) is 3.24. The molecule has 0 atom stereocenters. The SMILES string of the molecule is [Cu+].[NH-]C(=O)c1ccccc1-c1ccccc1. The van der Waals surface area contributed by atoms with E-state index in [0.29, 0.717) is 5.56 Å². The third-order valence-corrected chi connectivity index (χ3v) is 2.26. The molecule has 0 bridgehead atoms. The fraction of sp³-hybridized carbons (Fsp3) is 0. The van der Waals surface area contributed by atoms with Gasteiger partial charge in [-0.2, -0.15) is 0 Å². The zero-order chi connectivity index (χ0) is 10.7. The van der Waals surface area contributed by atoms with Crippen molar-refractivity contribution in [3.63, 3.8) is 0 Å². The Morgan fingerprint density at radius 3 is 2.06 bits per heavy atom. The summed E-state index contributed by atoms with van der Waals surface area (Å²) in [5.41, 5.74) is 9.40. The summed E-state index contributed by atoms with van der Waals surface area (Å²) in [7, 11) is 0. The third-order valence-electron chi connectivity index (χ3n) is 2.26. The van der Waals surface area contributed by atoms with Crippen LogP contribution in [0.2, 0.25) is 0 Å². The van der Waals surface area contributed by atoms with E-state index < -0.39 is 5.91 Å². The van der Waals surface area contributed by atoms with Crippen molar-refractivity contribution in [1.82, 2.24) is 0 Å². The van der Waals surface area contributed by atoms with Crippen molar-refractivity contribution in [2.75, 3.05) is 0 Å². The summed E-state index contributed by atoms with van der Waals surface area (Å²) in [5.74, 6) is -0.644. The van der Waals surface area contributed by atoms with E-state index in [0.717, 1.165) is 11.1 Å². The van der Waals surface area contributed by atoms with E-state index in [4.69, 9.17) is 5.73 Å². The number of benzene rings is 2. The molecule has 0 aliphatic carbocycles. The summed E-state index contributed by atoms with van der Waals surface area (Å²) < 4.78 is 0. The van der Waals surface area contributed by atoms with E-state index >= 15 is 0 Å². The molecule has 1 N–H and O–H groups in total. The first-order valence-electron chi connectivity index (χ1n) is 4.69. The van der Waals surface area contributed by atoms with Crippen molar-refractivity contribution in [2.24, 2.45) is 0 Å². The Morgan fingerprint density at radius 1 is 0.875 bits per heavy atom. The first kappa shape index (κ1) is 12.5. The second-order valence-corrected chi connectivity index (χ2v) is 3.24. The van der Waals surface area contributed by atoms with Crippen molar-refractivity contribution >= 4 is 5.91 Å². The van der Waals surface area contributed by atoms with Crippen LogP contribution in [0.3, 0.4) is 0 Å². The average Bonchev–Trinajstić information content (AvgIpc) is 2.30. The molecule has 0 aromatic heterocycles. The number of rotatable bonds is 2. The Kier molecular flexibility index (Phi) is 4.29. The van der Waals surface area contributed by atoms with Gasteiger partial charge in [-0.05, 0) is 11.1 Å². The minimum absolute atomic E-state index is 0. The monoisotopic (exact) mass is 259 g/mol. The molecule has 0 aliphatic heterocycles. The first-order valence-corrected chi connectivity index (χ1v) is 4.69. The van der Waals surface area contributed by atoms with Crippen molar-refractivity contribution in [1.29, 1.82) is 0 Å². The van der Waals surface area contributed by atoms with E-state index in [2.05, 4.69) is 0 Å². The molecule has 0 saturated heterocycles. The van der Waals surface area contributed by atoms with Gasteiger partial charge in [-0.3, -0.25) is 0 Å². The van der Waals surface area contributed by atoms with E-state index in [1.807, 2.05) is 42.5 Å². The van der Waals surface area contributed by atoms with Crippen LogP contribution in [-0.4, -0.2) is 5.91 Å². The summed E-state index contributed by atoms with van der Waals surface area (Å²) in [5, 5.41) is 0. The molecule has 3 heteroatoms. The molecule has 0 spiro atoms. The second kappa shape index (κ2) is 5.50.